The van der Waals surface area contributed by atoms with Gasteiger partial charge >= 0.3 is 0 Å². The molecule has 1 heterocycles. The molecule has 94 valence electrons. The van der Waals surface area contributed by atoms with E-state index in [1.54, 1.807) is 12.4 Å². The van der Waals surface area contributed by atoms with Crippen molar-refractivity contribution in [3.63, 3.8) is 0 Å². The van der Waals surface area contributed by atoms with Crippen molar-refractivity contribution in [2.45, 2.75) is 6.42 Å². The maximum atomic E-state index is 7.46. The van der Waals surface area contributed by atoms with E-state index in [2.05, 4.69) is 14.9 Å². The summed E-state index contributed by atoms with van der Waals surface area (Å²) in [6, 6.07) is 0. The summed E-state index contributed by atoms with van der Waals surface area (Å²) in [5, 5.41) is 7.46. The molecule has 3 N–H and O–H groups in total. The van der Waals surface area contributed by atoms with Crippen molar-refractivity contribution in [3.8, 4) is 0 Å². The van der Waals surface area contributed by atoms with Crippen LogP contribution in [0, 0.1) is 5.41 Å². The molecule has 0 radical (unpaired) electrons. The molecule has 1 aromatic rings. The molecule has 0 amide bonds. The van der Waals surface area contributed by atoms with Gasteiger partial charge in [0.05, 0.1) is 0 Å². The topological polar surface area (TPSA) is 82.1 Å². The number of nitrogens with zero attached hydrogens (tertiary/aromatic N) is 4. The average molecular weight is 236 g/mol. The molecule has 0 bridgehead atoms. The number of nitrogen functional groups attached to an aromatic ring is 1. The van der Waals surface area contributed by atoms with Gasteiger partial charge in [-0.1, -0.05) is 0 Å². The molecule has 6 nitrogen and oxygen atoms in total. The molecule has 0 aliphatic heterocycles. The van der Waals surface area contributed by atoms with E-state index in [1.807, 2.05) is 26.0 Å². The number of anilines is 1. The Morgan fingerprint density at radius 3 is 2.47 bits per heavy atom. The number of hydrogen-bond donors (Lipinski definition) is 2. The van der Waals surface area contributed by atoms with Crippen LogP contribution in [0.25, 0.3) is 0 Å². The lowest BCUT2D eigenvalue weighted by Gasteiger charge is -2.20. The number of nitrogens with two attached hydrogens (primary N) is 1. The van der Waals surface area contributed by atoms with Crippen LogP contribution >= 0.6 is 0 Å². The fourth-order valence-electron chi connectivity index (χ4n) is 1.53. The van der Waals surface area contributed by atoms with Crippen LogP contribution < -0.4 is 10.6 Å². The monoisotopic (exact) mass is 236 g/mol. The molecular formula is C11H20N6. The van der Waals surface area contributed by atoms with Crippen LogP contribution in [-0.4, -0.2) is 54.9 Å². The minimum absolute atomic E-state index is 0.0486. The van der Waals surface area contributed by atoms with Gasteiger partial charge in [-0.2, -0.15) is 0 Å². The first-order chi connectivity index (χ1) is 8.02. The molecule has 1 rings (SSSR count). The number of aromatic nitrogens is 2. The Kier molecular flexibility index (Phi) is 4.84. The van der Waals surface area contributed by atoms with Gasteiger partial charge in [-0.05, 0) is 27.1 Å². The fourth-order valence-corrected chi connectivity index (χ4v) is 1.53. The van der Waals surface area contributed by atoms with E-state index in [-0.39, 0.29) is 5.84 Å². The summed E-state index contributed by atoms with van der Waals surface area (Å²) in [5.74, 6) is 0.617. The van der Waals surface area contributed by atoms with Crippen LogP contribution in [0.3, 0.4) is 0 Å². The zero-order valence-corrected chi connectivity index (χ0v) is 10.6. The maximum Gasteiger partial charge on any atom is 0.158 e. The highest BCUT2D eigenvalue weighted by molar-refractivity contribution is 5.97. The molecule has 0 fully saturated rings. The Bertz CT molecular complexity index is 376. The zero-order valence-electron chi connectivity index (χ0n) is 10.6. The van der Waals surface area contributed by atoms with Crippen molar-refractivity contribution in [3.05, 3.63) is 18.1 Å². The fraction of sp³-hybridized carbons (Fsp3) is 0.545. The lowest BCUT2D eigenvalue weighted by atomic mass is 10.3. The van der Waals surface area contributed by atoms with Gasteiger partial charge in [-0.25, -0.2) is 9.97 Å². The van der Waals surface area contributed by atoms with E-state index in [4.69, 9.17) is 11.1 Å². The largest absolute Gasteiger partial charge is 0.382 e. The molecular weight excluding hydrogens is 216 g/mol. The molecule has 0 saturated carbocycles. The quantitative estimate of drug-likeness (QED) is 0.542. The van der Waals surface area contributed by atoms with Gasteiger partial charge in [-0.3, -0.25) is 5.41 Å². The highest BCUT2D eigenvalue weighted by Crippen LogP contribution is 2.12. The number of amidine groups is 1. The van der Waals surface area contributed by atoms with E-state index < -0.39 is 0 Å². The molecule has 0 aliphatic rings. The van der Waals surface area contributed by atoms with E-state index in [1.165, 1.54) is 0 Å². The van der Waals surface area contributed by atoms with E-state index in [9.17, 15) is 0 Å². The first-order valence-electron chi connectivity index (χ1n) is 5.53. The van der Waals surface area contributed by atoms with Gasteiger partial charge in [0.1, 0.15) is 11.5 Å². The van der Waals surface area contributed by atoms with Crippen molar-refractivity contribution in [2.75, 3.05) is 39.1 Å². The average Bonchev–Trinajstić information content (AvgIpc) is 2.28. The molecule has 0 saturated heterocycles. The van der Waals surface area contributed by atoms with Gasteiger partial charge in [0.25, 0.3) is 0 Å². The Labute approximate surface area is 102 Å². The van der Waals surface area contributed by atoms with E-state index in [0.29, 0.717) is 11.5 Å². The summed E-state index contributed by atoms with van der Waals surface area (Å²) >= 11 is 0. The van der Waals surface area contributed by atoms with Crippen molar-refractivity contribution < 1.29 is 0 Å². The second kappa shape index (κ2) is 6.15. The van der Waals surface area contributed by atoms with Crippen molar-refractivity contribution >= 4 is 11.7 Å². The Balaban J connectivity index is 2.68. The summed E-state index contributed by atoms with van der Waals surface area (Å²) < 4.78 is 0. The van der Waals surface area contributed by atoms with E-state index in [0.717, 1.165) is 19.5 Å². The molecule has 0 aliphatic carbocycles. The van der Waals surface area contributed by atoms with Crippen molar-refractivity contribution in [1.82, 2.24) is 14.9 Å². The molecule has 1 aromatic heterocycles. The van der Waals surface area contributed by atoms with Gasteiger partial charge in [0.2, 0.25) is 0 Å². The normalized spacial score (nSPS) is 10.6. The molecule has 0 atom stereocenters. The van der Waals surface area contributed by atoms with Gasteiger partial charge in [0, 0.05) is 26.0 Å². The summed E-state index contributed by atoms with van der Waals surface area (Å²) in [7, 11) is 6.03. The molecule has 0 aromatic carbocycles. The van der Waals surface area contributed by atoms with Crippen LogP contribution in [0.15, 0.2) is 12.4 Å². The van der Waals surface area contributed by atoms with Crippen molar-refractivity contribution in [1.29, 1.82) is 5.41 Å². The number of hydrogen-bond acceptors (Lipinski definition) is 5. The predicted octanol–water partition coefficient (Wildman–Crippen LogP) is 0.149. The maximum absolute atomic E-state index is 7.46. The van der Waals surface area contributed by atoms with Crippen LogP contribution in [0.2, 0.25) is 0 Å². The predicted molar refractivity (Wildman–Crippen MR) is 69.5 cm³/mol. The Morgan fingerprint density at radius 1 is 1.24 bits per heavy atom. The summed E-state index contributed by atoms with van der Waals surface area (Å²) in [6.07, 6.45) is 4.19. The third-order valence-corrected chi connectivity index (χ3v) is 2.39. The second-order valence-electron chi connectivity index (χ2n) is 4.22. The Morgan fingerprint density at radius 2 is 1.88 bits per heavy atom. The molecule has 0 spiro atoms. The van der Waals surface area contributed by atoms with Crippen LogP contribution in [0.4, 0.5) is 5.82 Å². The lowest BCUT2D eigenvalue weighted by molar-refractivity contribution is 0.401. The first kappa shape index (κ1) is 13.4. The highest BCUT2D eigenvalue weighted by atomic mass is 15.2. The molecule has 17 heavy (non-hydrogen) atoms. The summed E-state index contributed by atoms with van der Waals surface area (Å²) in [5.41, 5.74) is 5.92. The lowest BCUT2D eigenvalue weighted by Crippen LogP contribution is -2.27. The molecule has 0 unspecified atom stereocenters. The number of rotatable bonds is 6. The van der Waals surface area contributed by atoms with Crippen LogP contribution in [0.5, 0.6) is 0 Å². The first-order valence-corrected chi connectivity index (χ1v) is 5.53. The van der Waals surface area contributed by atoms with Crippen molar-refractivity contribution in [2.24, 2.45) is 5.73 Å². The second-order valence-corrected chi connectivity index (χ2v) is 4.22. The third-order valence-electron chi connectivity index (χ3n) is 2.39. The highest BCUT2D eigenvalue weighted by Gasteiger charge is 2.11. The third kappa shape index (κ3) is 3.99. The summed E-state index contributed by atoms with van der Waals surface area (Å²) in [4.78, 5) is 12.4. The number of nitrogens with one attached hydrogen (secondary N) is 1. The standard InChI is InChI=1S/C11H20N6/c1-16(2)7-4-8-17(3)11-9(10(12)13)14-5-6-15-11/h5-6H,4,7-8H2,1-3H3,(H3,12,13). The summed E-state index contributed by atoms with van der Waals surface area (Å²) in [6.45, 7) is 1.87. The SMILES string of the molecule is CN(C)CCCN(C)c1nccnc1C(=N)N. The van der Waals surface area contributed by atoms with Gasteiger partial charge in [-0.15, -0.1) is 0 Å². The Hall–Kier alpha value is -1.69. The van der Waals surface area contributed by atoms with Crippen LogP contribution in [-0.2, 0) is 0 Å². The zero-order chi connectivity index (χ0) is 12.8. The minimum Gasteiger partial charge on any atom is -0.382 e. The van der Waals surface area contributed by atoms with Crippen LogP contribution in [0.1, 0.15) is 12.1 Å². The molecule has 6 heteroatoms. The smallest absolute Gasteiger partial charge is 0.158 e. The minimum atomic E-state index is -0.0486. The van der Waals surface area contributed by atoms with Gasteiger partial charge < -0.3 is 15.5 Å². The van der Waals surface area contributed by atoms with E-state index >= 15 is 0 Å². The van der Waals surface area contributed by atoms with Gasteiger partial charge in [0.15, 0.2) is 5.82 Å².